The number of quaternary nitrogens is 1. The molecule has 0 fully saturated rings. The smallest absolute Gasteiger partial charge is 0.362 e. The molecule has 1 unspecified atom stereocenters. The molecule has 0 amide bonds. The lowest BCUT2D eigenvalue weighted by Crippen LogP contribution is -2.49. The van der Waals surface area contributed by atoms with Crippen LogP contribution in [0.3, 0.4) is 0 Å². The molecule has 0 aromatic rings. The van der Waals surface area contributed by atoms with Crippen molar-refractivity contribution in [3.05, 3.63) is 24.3 Å². The number of allylic oxidation sites excluding steroid dienone is 4. The minimum atomic E-state index is -4.55. The Bertz CT molecular complexity index is 479. The van der Waals surface area contributed by atoms with E-state index in [-0.39, 0.29) is 13.0 Å². The van der Waals surface area contributed by atoms with Gasteiger partial charge in [-0.2, -0.15) is 0 Å². The second-order valence-electron chi connectivity index (χ2n) is 8.59. The molecule has 27 heavy (non-hydrogen) atoms. The highest BCUT2D eigenvalue weighted by molar-refractivity contribution is 7.53. The Balaban J connectivity index is 3.91. The van der Waals surface area contributed by atoms with E-state index in [9.17, 15) is 19.5 Å². The molecule has 6 heteroatoms. The van der Waals surface area contributed by atoms with Gasteiger partial charge in [0.25, 0.3) is 0 Å². The molecule has 5 nitrogen and oxygen atoms in total. The van der Waals surface area contributed by atoms with Gasteiger partial charge in [-0.3, -0.25) is 4.57 Å². The number of hydrogen-bond donors (Lipinski definition) is 3. The molecule has 0 bridgehead atoms. The van der Waals surface area contributed by atoms with Gasteiger partial charge >= 0.3 is 7.60 Å². The third-order valence-electron chi connectivity index (χ3n) is 4.52. The topological polar surface area (TPSA) is 77.8 Å². The van der Waals surface area contributed by atoms with Crippen molar-refractivity contribution in [3.8, 4) is 0 Å². The fourth-order valence-electron chi connectivity index (χ4n) is 3.07. The summed E-state index contributed by atoms with van der Waals surface area (Å²) in [6.45, 7) is 2.26. The van der Waals surface area contributed by atoms with Gasteiger partial charge in [0.2, 0.25) is 5.34 Å². The van der Waals surface area contributed by atoms with E-state index in [4.69, 9.17) is 0 Å². The molecule has 0 aromatic carbocycles. The van der Waals surface area contributed by atoms with E-state index >= 15 is 0 Å². The zero-order valence-corrected chi connectivity index (χ0v) is 18.8. The van der Waals surface area contributed by atoms with Crippen molar-refractivity contribution < 1.29 is 23.9 Å². The van der Waals surface area contributed by atoms with Crippen molar-refractivity contribution in [2.75, 3.05) is 27.7 Å². The summed E-state index contributed by atoms with van der Waals surface area (Å²) in [6, 6.07) is 0. The predicted molar refractivity (Wildman–Crippen MR) is 115 cm³/mol. The minimum absolute atomic E-state index is 0.0457. The number of aliphatic hydroxyl groups is 1. The molecule has 0 spiro atoms. The highest BCUT2D eigenvalue weighted by Gasteiger charge is 2.48. The van der Waals surface area contributed by atoms with E-state index in [0.717, 1.165) is 32.1 Å². The summed E-state index contributed by atoms with van der Waals surface area (Å²) in [7, 11) is 0.927. The van der Waals surface area contributed by atoms with Crippen molar-refractivity contribution in [2.45, 2.75) is 82.9 Å². The van der Waals surface area contributed by atoms with Crippen LogP contribution in [0.5, 0.6) is 0 Å². The maximum atomic E-state index is 11.7. The predicted octanol–water partition coefficient (Wildman–Crippen LogP) is 4.98. The molecular weight excluding hydrogens is 361 g/mol. The standard InChI is InChI=1S/C21H42NO4P/c1-5-6-7-8-9-10-11-12-13-14-15-16-17-18-19-21(23,27(24,25)26)20-22(2,3)4/h8-9,13-14,23H,5-7,10-12,15-20H2,1-4H3,(H-,24,25,26)/p+1/b9-8-,14-13-. The van der Waals surface area contributed by atoms with E-state index in [1.54, 1.807) is 0 Å². The summed E-state index contributed by atoms with van der Waals surface area (Å²) in [5.41, 5.74) is 0. The number of hydrogen-bond acceptors (Lipinski definition) is 2. The first-order valence-corrected chi connectivity index (χ1v) is 12.0. The number of rotatable bonds is 16. The summed E-state index contributed by atoms with van der Waals surface area (Å²) < 4.78 is 12.0. The van der Waals surface area contributed by atoms with E-state index in [1.807, 2.05) is 21.1 Å². The summed E-state index contributed by atoms with van der Waals surface area (Å²) in [5.74, 6) is 0. The van der Waals surface area contributed by atoms with Gasteiger partial charge in [0.15, 0.2) is 0 Å². The summed E-state index contributed by atoms with van der Waals surface area (Å²) >= 11 is 0. The first kappa shape index (κ1) is 26.6. The molecule has 160 valence electrons. The minimum Gasteiger partial charge on any atom is -0.373 e. The molecule has 0 aliphatic rings. The van der Waals surface area contributed by atoms with Crippen molar-refractivity contribution in [3.63, 3.8) is 0 Å². The van der Waals surface area contributed by atoms with Crippen molar-refractivity contribution >= 4 is 7.60 Å². The van der Waals surface area contributed by atoms with Crippen LogP contribution in [-0.4, -0.2) is 52.4 Å². The Morgan fingerprint density at radius 1 is 0.815 bits per heavy atom. The van der Waals surface area contributed by atoms with Gasteiger partial charge in [0.05, 0.1) is 21.1 Å². The summed E-state index contributed by atoms with van der Waals surface area (Å²) in [5, 5.41) is 8.55. The zero-order valence-electron chi connectivity index (χ0n) is 17.9. The van der Waals surface area contributed by atoms with Crippen molar-refractivity contribution in [1.29, 1.82) is 0 Å². The number of likely N-dealkylation sites (N-methyl/N-ethyl adjacent to an activating group) is 1. The number of nitrogens with zero attached hydrogens (tertiary/aromatic N) is 1. The molecule has 0 saturated heterocycles. The second kappa shape index (κ2) is 13.7. The van der Waals surface area contributed by atoms with Gasteiger partial charge in [-0.25, -0.2) is 0 Å². The molecular formula is C21H43NO4P+. The van der Waals surface area contributed by atoms with Crippen LogP contribution in [-0.2, 0) is 4.57 Å². The quantitative estimate of drug-likeness (QED) is 0.147. The van der Waals surface area contributed by atoms with E-state index < -0.39 is 12.9 Å². The molecule has 0 radical (unpaired) electrons. The van der Waals surface area contributed by atoms with Crippen LogP contribution in [0.15, 0.2) is 24.3 Å². The monoisotopic (exact) mass is 404 g/mol. The lowest BCUT2D eigenvalue weighted by molar-refractivity contribution is -0.875. The van der Waals surface area contributed by atoms with Gasteiger partial charge < -0.3 is 19.4 Å². The highest BCUT2D eigenvalue weighted by atomic mass is 31.2. The zero-order chi connectivity index (χ0) is 20.8. The fraction of sp³-hybridized carbons (Fsp3) is 0.810. The third-order valence-corrected chi connectivity index (χ3v) is 5.97. The van der Waals surface area contributed by atoms with Crippen LogP contribution in [0.2, 0.25) is 0 Å². The van der Waals surface area contributed by atoms with E-state index in [1.165, 1.54) is 25.7 Å². The van der Waals surface area contributed by atoms with Gasteiger partial charge in [-0.1, -0.05) is 50.5 Å². The largest absolute Gasteiger partial charge is 0.373 e. The normalized spacial score (nSPS) is 15.7. The molecule has 3 N–H and O–H groups in total. The molecule has 0 aliphatic heterocycles. The SMILES string of the molecule is CCCC/C=C\CCC/C=C\CCCCCC(O)(C[N+](C)(C)C)P(=O)(O)O. The van der Waals surface area contributed by atoms with Crippen LogP contribution in [0.4, 0.5) is 0 Å². The Morgan fingerprint density at radius 3 is 1.74 bits per heavy atom. The first-order chi connectivity index (χ1) is 12.5. The summed E-state index contributed by atoms with van der Waals surface area (Å²) in [4.78, 5) is 19.1. The Kier molecular flexibility index (Phi) is 13.5. The maximum absolute atomic E-state index is 11.7. The van der Waals surface area contributed by atoms with Crippen molar-refractivity contribution in [2.24, 2.45) is 0 Å². The average Bonchev–Trinajstić information content (AvgIpc) is 2.52. The first-order valence-electron chi connectivity index (χ1n) is 10.4. The third kappa shape index (κ3) is 14.2. The lowest BCUT2D eigenvalue weighted by Gasteiger charge is -2.35. The van der Waals surface area contributed by atoms with Crippen LogP contribution in [0, 0.1) is 0 Å². The molecule has 0 rings (SSSR count). The number of unbranched alkanes of at least 4 members (excludes halogenated alkanes) is 7. The van der Waals surface area contributed by atoms with E-state index in [2.05, 4.69) is 31.2 Å². The molecule has 1 atom stereocenters. The summed E-state index contributed by atoms with van der Waals surface area (Å²) in [6.07, 6.45) is 19.7. The van der Waals surface area contributed by atoms with Crippen LogP contribution in [0.1, 0.15) is 77.6 Å². The molecule has 0 saturated carbocycles. The fourth-order valence-corrected chi connectivity index (χ4v) is 4.13. The van der Waals surface area contributed by atoms with Crippen LogP contribution < -0.4 is 0 Å². The van der Waals surface area contributed by atoms with Crippen molar-refractivity contribution in [1.82, 2.24) is 0 Å². The van der Waals surface area contributed by atoms with Gasteiger partial charge in [-0.15, -0.1) is 0 Å². The molecule has 0 aromatic heterocycles. The Labute approximate surface area is 166 Å². The van der Waals surface area contributed by atoms with E-state index in [0.29, 0.717) is 10.9 Å². The molecule has 0 heterocycles. The van der Waals surface area contributed by atoms with Crippen LogP contribution >= 0.6 is 7.60 Å². The second-order valence-corrected chi connectivity index (χ2v) is 10.5. The maximum Gasteiger partial charge on any atom is 0.362 e. The lowest BCUT2D eigenvalue weighted by atomic mass is 10.1. The molecule has 0 aliphatic carbocycles. The van der Waals surface area contributed by atoms with Gasteiger partial charge in [0, 0.05) is 0 Å². The van der Waals surface area contributed by atoms with Crippen LogP contribution in [0.25, 0.3) is 0 Å². The Morgan fingerprint density at radius 2 is 1.30 bits per heavy atom. The Hall–Kier alpha value is -0.450. The highest BCUT2D eigenvalue weighted by Crippen LogP contribution is 2.52. The van der Waals surface area contributed by atoms with Gasteiger partial charge in [0.1, 0.15) is 6.54 Å². The van der Waals surface area contributed by atoms with Gasteiger partial charge in [-0.05, 0) is 51.4 Å². The average molecular weight is 405 g/mol.